The molecule has 2 atom stereocenters. The first kappa shape index (κ1) is 22.6. The number of rotatable bonds is 6. The molecule has 1 saturated heterocycles. The number of benzene rings is 3. The van der Waals surface area contributed by atoms with Crippen LogP contribution in [0.15, 0.2) is 60.7 Å². The van der Waals surface area contributed by atoms with Gasteiger partial charge in [-0.15, -0.1) is 0 Å². The zero-order chi connectivity index (χ0) is 24.8. The summed E-state index contributed by atoms with van der Waals surface area (Å²) in [5.74, 6) is 1.44. The molecule has 1 aromatic heterocycles. The van der Waals surface area contributed by atoms with Gasteiger partial charge in [0.25, 0.3) is 0 Å². The lowest BCUT2D eigenvalue weighted by atomic mass is 9.92. The van der Waals surface area contributed by atoms with Gasteiger partial charge in [-0.2, -0.15) is 5.10 Å². The van der Waals surface area contributed by atoms with E-state index in [1.807, 2.05) is 6.07 Å². The molecule has 1 aliphatic carbocycles. The molecule has 188 valence electrons. The van der Waals surface area contributed by atoms with Crippen LogP contribution in [0.5, 0.6) is 5.75 Å². The van der Waals surface area contributed by atoms with E-state index < -0.39 is 0 Å². The lowest BCUT2D eigenvalue weighted by molar-refractivity contribution is 0.0342. The van der Waals surface area contributed by atoms with Gasteiger partial charge in [0.05, 0.1) is 31.5 Å². The standard InChI is InChI=1S/C31H32N4O2/c1-36-24-8-11-29-26(17-24)31(20-32-29)18-27(31)23-7-9-25-28(33-34-30(25)16-23)10-6-21-2-4-22(5-3-21)19-35-12-14-37-15-13-35/h2-11,16-17,27,32H,12-15,18-20H2,1H3,(H,33,34)/t27-,31-/m0/s1. The Bertz CT molecular complexity index is 1470. The van der Waals surface area contributed by atoms with Gasteiger partial charge in [-0.05, 0) is 64.9 Å². The van der Waals surface area contributed by atoms with Crippen molar-refractivity contribution in [3.63, 3.8) is 0 Å². The van der Waals surface area contributed by atoms with Crippen molar-refractivity contribution < 1.29 is 9.47 Å². The fourth-order valence-electron chi connectivity index (χ4n) is 6.13. The molecule has 3 aromatic carbocycles. The summed E-state index contributed by atoms with van der Waals surface area (Å²) in [5, 5.41) is 12.6. The van der Waals surface area contributed by atoms with Gasteiger partial charge in [-0.3, -0.25) is 10.00 Å². The molecule has 1 spiro atoms. The predicted octanol–water partition coefficient (Wildman–Crippen LogP) is 5.42. The van der Waals surface area contributed by atoms with Crippen molar-refractivity contribution in [2.75, 3.05) is 45.3 Å². The van der Waals surface area contributed by atoms with E-state index in [4.69, 9.17) is 9.47 Å². The number of hydrogen-bond acceptors (Lipinski definition) is 5. The predicted molar refractivity (Wildman–Crippen MR) is 148 cm³/mol. The Kier molecular flexibility index (Phi) is 5.52. The van der Waals surface area contributed by atoms with E-state index in [-0.39, 0.29) is 5.41 Å². The number of aromatic nitrogens is 2. The van der Waals surface area contributed by atoms with Crippen LogP contribution in [0.3, 0.4) is 0 Å². The van der Waals surface area contributed by atoms with Gasteiger partial charge in [-0.25, -0.2) is 0 Å². The Morgan fingerprint density at radius 2 is 1.92 bits per heavy atom. The number of anilines is 1. The summed E-state index contributed by atoms with van der Waals surface area (Å²) in [6.45, 7) is 5.66. The maximum atomic E-state index is 5.50. The molecule has 37 heavy (non-hydrogen) atoms. The molecule has 6 nitrogen and oxygen atoms in total. The molecule has 6 heteroatoms. The highest BCUT2D eigenvalue weighted by Crippen LogP contribution is 2.64. The largest absolute Gasteiger partial charge is 0.497 e. The summed E-state index contributed by atoms with van der Waals surface area (Å²) in [6.07, 6.45) is 5.41. The van der Waals surface area contributed by atoms with Crippen LogP contribution in [0.1, 0.15) is 40.3 Å². The van der Waals surface area contributed by atoms with Crippen molar-refractivity contribution in [3.05, 3.63) is 88.6 Å². The van der Waals surface area contributed by atoms with Gasteiger partial charge >= 0.3 is 0 Å². The molecule has 3 aliphatic rings. The Balaban J connectivity index is 1.06. The monoisotopic (exact) mass is 492 g/mol. The summed E-state index contributed by atoms with van der Waals surface area (Å²) in [4.78, 5) is 2.45. The lowest BCUT2D eigenvalue weighted by Gasteiger charge is -2.26. The van der Waals surface area contributed by atoms with Gasteiger partial charge in [0.15, 0.2) is 0 Å². The van der Waals surface area contributed by atoms with Crippen LogP contribution in [-0.2, 0) is 16.7 Å². The highest BCUT2D eigenvalue weighted by Gasteiger charge is 2.59. The highest BCUT2D eigenvalue weighted by molar-refractivity contribution is 5.90. The fraction of sp³-hybridized carbons (Fsp3) is 0.323. The van der Waals surface area contributed by atoms with Gasteiger partial charge in [-0.1, -0.05) is 42.5 Å². The third kappa shape index (κ3) is 4.10. The first-order valence-electron chi connectivity index (χ1n) is 13.2. The number of ether oxygens (including phenoxy) is 2. The molecule has 0 amide bonds. The van der Waals surface area contributed by atoms with Crippen LogP contribution < -0.4 is 10.1 Å². The molecule has 2 aliphatic heterocycles. The smallest absolute Gasteiger partial charge is 0.119 e. The Labute approximate surface area is 217 Å². The second-order valence-electron chi connectivity index (χ2n) is 10.6. The number of fused-ring (bicyclic) bond motifs is 3. The van der Waals surface area contributed by atoms with Crippen LogP contribution in [0, 0.1) is 0 Å². The van der Waals surface area contributed by atoms with E-state index in [1.165, 1.54) is 27.9 Å². The topological polar surface area (TPSA) is 62.4 Å². The summed E-state index contributed by atoms with van der Waals surface area (Å²) < 4.78 is 11.0. The average molecular weight is 493 g/mol. The molecule has 2 N–H and O–H groups in total. The molecule has 3 heterocycles. The van der Waals surface area contributed by atoms with E-state index in [1.54, 1.807) is 7.11 Å². The third-order valence-electron chi connectivity index (χ3n) is 8.37. The number of aromatic amines is 1. The zero-order valence-electron chi connectivity index (χ0n) is 21.2. The second kappa shape index (κ2) is 9.05. The van der Waals surface area contributed by atoms with E-state index in [0.717, 1.165) is 68.2 Å². The normalized spacial score (nSPS) is 23.0. The maximum absolute atomic E-state index is 5.50. The molecule has 0 unspecified atom stereocenters. The Hall–Kier alpha value is -3.61. The van der Waals surface area contributed by atoms with E-state index in [0.29, 0.717) is 5.92 Å². The molecular formula is C31H32N4O2. The van der Waals surface area contributed by atoms with Gasteiger partial charge in [0, 0.05) is 42.7 Å². The van der Waals surface area contributed by atoms with E-state index in [2.05, 4.69) is 87.2 Å². The van der Waals surface area contributed by atoms with E-state index in [9.17, 15) is 0 Å². The van der Waals surface area contributed by atoms with Crippen LogP contribution >= 0.6 is 0 Å². The third-order valence-corrected chi connectivity index (χ3v) is 8.37. The summed E-state index contributed by atoms with van der Waals surface area (Å²) in [7, 11) is 1.74. The van der Waals surface area contributed by atoms with E-state index >= 15 is 0 Å². The number of hydrogen-bond donors (Lipinski definition) is 2. The Morgan fingerprint density at radius 1 is 1.05 bits per heavy atom. The van der Waals surface area contributed by atoms with Gasteiger partial charge < -0.3 is 14.8 Å². The molecule has 0 radical (unpaired) electrons. The molecule has 0 bridgehead atoms. The first-order valence-corrected chi connectivity index (χ1v) is 13.2. The number of nitrogens with one attached hydrogen (secondary N) is 2. The van der Waals surface area contributed by atoms with Crippen molar-refractivity contribution in [1.29, 1.82) is 0 Å². The number of methoxy groups -OCH3 is 1. The minimum absolute atomic E-state index is 0.175. The Morgan fingerprint density at radius 3 is 2.76 bits per heavy atom. The number of nitrogens with zero attached hydrogens (tertiary/aromatic N) is 2. The minimum atomic E-state index is 0.175. The van der Waals surface area contributed by atoms with Crippen LogP contribution in [-0.4, -0.2) is 55.1 Å². The van der Waals surface area contributed by atoms with Crippen LogP contribution in [0.2, 0.25) is 0 Å². The fourth-order valence-corrected chi connectivity index (χ4v) is 6.13. The minimum Gasteiger partial charge on any atom is -0.497 e. The molecule has 2 fully saturated rings. The highest BCUT2D eigenvalue weighted by atomic mass is 16.5. The maximum Gasteiger partial charge on any atom is 0.119 e. The molecule has 1 saturated carbocycles. The lowest BCUT2D eigenvalue weighted by Crippen LogP contribution is -2.35. The van der Waals surface area contributed by atoms with Crippen LogP contribution in [0.25, 0.3) is 23.1 Å². The van der Waals surface area contributed by atoms with Gasteiger partial charge in [0.1, 0.15) is 5.75 Å². The van der Waals surface area contributed by atoms with Crippen molar-refractivity contribution >= 4 is 28.7 Å². The van der Waals surface area contributed by atoms with Gasteiger partial charge in [0.2, 0.25) is 0 Å². The van der Waals surface area contributed by atoms with Crippen molar-refractivity contribution in [3.8, 4) is 5.75 Å². The molecule has 4 aromatic rings. The molecule has 7 rings (SSSR count). The summed E-state index contributed by atoms with van der Waals surface area (Å²) in [6, 6.07) is 22.0. The summed E-state index contributed by atoms with van der Waals surface area (Å²) in [5.41, 5.74) is 8.77. The quantitative estimate of drug-likeness (QED) is 0.376. The number of morpholine rings is 1. The molecular weight excluding hydrogens is 460 g/mol. The van der Waals surface area contributed by atoms with Crippen molar-refractivity contribution in [2.24, 2.45) is 0 Å². The van der Waals surface area contributed by atoms with Crippen molar-refractivity contribution in [1.82, 2.24) is 15.1 Å². The second-order valence-corrected chi connectivity index (χ2v) is 10.6. The summed E-state index contributed by atoms with van der Waals surface area (Å²) >= 11 is 0. The van der Waals surface area contributed by atoms with Crippen LogP contribution in [0.4, 0.5) is 5.69 Å². The van der Waals surface area contributed by atoms with Crippen molar-refractivity contribution in [2.45, 2.75) is 24.3 Å². The SMILES string of the molecule is COc1ccc2c(c1)[C@@]1(CN2)C[C@H]1c1ccc2c(C=Cc3ccc(CN4CCOCC4)cc3)n[nH]c2c1. The average Bonchev–Trinajstić information content (AvgIpc) is 3.37. The number of H-pyrrole nitrogens is 1. The zero-order valence-corrected chi connectivity index (χ0v) is 21.2. The first-order chi connectivity index (χ1) is 18.2.